The summed E-state index contributed by atoms with van der Waals surface area (Å²) in [6, 6.07) is 24.4. The van der Waals surface area contributed by atoms with Gasteiger partial charge in [-0.1, -0.05) is 60.1 Å². The van der Waals surface area contributed by atoms with Crippen molar-refractivity contribution in [1.29, 1.82) is 0 Å². The molecule has 0 aliphatic carbocycles. The van der Waals surface area contributed by atoms with Gasteiger partial charge in [0.2, 0.25) is 0 Å². The molecule has 3 aromatic carbocycles. The molecule has 0 N–H and O–H groups in total. The second kappa shape index (κ2) is 9.01. The van der Waals surface area contributed by atoms with E-state index in [4.69, 9.17) is 21.1 Å². The van der Waals surface area contributed by atoms with E-state index in [0.29, 0.717) is 17.2 Å². The van der Waals surface area contributed by atoms with Gasteiger partial charge in [0.1, 0.15) is 11.5 Å². The van der Waals surface area contributed by atoms with Gasteiger partial charge in [0, 0.05) is 11.4 Å². The minimum Gasteiger partial charge on any atom is -0.497 e. The van der Waals surface area contributed by atoms with Crippen molar-refractivity contribution in [1.82, 2.24) is 5.01 Å². The van der Waals surface area contributed by atoms with E-state index in [0.717, 1.165) is 22.6 Å². The number of carbonyl (C=O) groups is 1. The third kappa shape index (κ3) is 4.47. The summed E-state index contributed by atoms with van der Waals surface area (Å²) in [6.45, 7) is -0.126. The van der Waals surface area contributed by atoms with Crippen LogP contribution in [0.2, 0.25) is 5.02 Å². The van der Waals surface area contributed by atoms with Crippen LogP contribution in [0.3, 0.4) is 0 Å². The molecule has 3 aromatic rings. The number of amides is 1. The third-order valence-electron chi connectivity index (χ3n) is 4.93. The van der Waals surface area contributed by atoms with E-state index in [1.807, 2.05) is 54.6 Å². The highest BCUT2D eigenvalue weighted by molar-refractivity contribution is 6.30. The summed E-state index contributed by atoms with van der Waals surface area (Å²) in [5, 5.41) is 6.73. The van der Waals surface area contributed by atoms with E-state index in [-0.39, 0.29) is 18.6 Å². The molecule has 5 nitrogen and oxygen atoms in total. The summed E-state index contributed by atoms with van der Waals surface area (Å²) >= 11 is 5.99. The van der Waals surface area contributed by atoms with Crippen LogP contribution in [0.4, 0.5) is 0 Å². The van der Waals surface area contributed by atoms with Gasteiger partial charge in [-0.15, -0.1) is 0 Å². The van der Waals surface area contributed by atoms with Crippen LogP contribution in [0.1, 0.15) is 23.6 Å². The predicted molar refractivity (Wildman–Crippen MR) is 117 cm³/mol. The van der Waals surface area contributed by atoms with Crippen LogP contribution in [0.25, 0.3) is 0 Å². The van der Waals surface area contributed by atoms with Gasteiger partial charge in [0.25, 0.3) is 5.91 Å². The Kier molecular flexibility index (Phi) is 6.00. The Balaban J connectivity index is 1.57. The van der Waals surface area contributed by atoms with E-state index in [1.165, 1.54) is 5.01 Å². The minimum absolute atomic E-state index is 0.126. The van der Waals surface area contributed by atoms with E-state index in [2.05, 4.69) is 5.10 Å². The molecular formula is C24H21ClN2O3. The van der Waals surface area contributed by atoms with Crippen molar-refractivity contribution < 1.29 is 14.3 Å². The van der Waals surface area contributed by atoms with E-state index in [9.17, 15) is 4.79 Å². The zero-order chi connectivity index (χ0) is 20.9. The van der Waals surface area contributed by atoms with Crippen molar-refractivity contribution in [3.05, 3.63) is 95.0 Å². The Labute approximate surface area is 180 Å². The smallest absolute Gasteiger partial charge is 0.281 e. The molecule has 0 radical (unpaired) electrons. The summed E-state index contributed by atoms with van der Waals surface area (Å²) in [5.74, 6) is 1.09. The molecule has 0 fully saturated rings. The van der Waals surface area contributed by atoms with Crippen LogP contribution in [0, 0.1) is 0 Å². The summed E-state index contributed by atoms with van der Waals surface area (Å²) in [7, 11) is 1.63. The average molecular weight is 421 g/mol. The number of hydrogen-bond acceptors (Lipinski definition) is 4. The monoisotopic (exact) mass is 420 g/mol. The van der Waals surface area contributed by atoms with Gasteiger partial charge in [-0.2, -0.15) is 5.10 Å². The molecule has 30 heavy (non-hydrogen) atoms. The fourth-order valence-electron chi connectivity index (χ4n) is 3.40. The van der Waals surface area contributed by atoms with Gasteiger partial charge < -0.3 is 9.47 Å². The molecule has 0 saturated heterocycles. The second-order valence-corrected chi connectivity index (χ2v) is 7.33. The third-order valence-corrected chi connectivity index (χ3v) is 5.17. The summed E-state index contributed by atoms with van der Waals surface area (Å²) in [5.41, 5.74) is 2.86. The van der Waals surface area contributed by atoms with Crippen LogP contribution >= 0.6 is 11.6 Å². The predicted octanol–water partition coefficient (Wildman–Crippen LogP) is 5.11. The maximum absolute atomic E-state index is 13.0. The number of methoxy groups -OCH3 is 1. The lowest BCUT2D eigenvalue weighted by molar-refractivity contribution is -0.135. The molecule has 1 unspecified atom stereocenters. The number of nitrogens with zero attached hydrogens (tertiary/aromatic N) is 2. The number of hydrazone groups is 1. The molecule has 1 aliphatic rings. The topological polar surface area (TPSA) is 51.1 Å². The molecule has 0 spiro atoms. The number of rotatable bonds is 6. The van der Waals surface area contributed by atoms with Crippen molar-refractivity contribution in [3.8, 4) is 11.5 Å². The minimum atomic E-state index is -0.221. The van der Waals surface area contributed by atoms with Crippen LogP contribution in [-0.2, 0) is 4.79 Å². The molecule has 1 heterocycles. The van der Waals surface area contributed by atoms with Crippen molar-refractivity contribution in [2.45, 2.75) is 12.5 Å². The van der Waals surface area contributed by atoms with Gasteiger partial charge in [0.15, 0.2) is 6.61 Å². The summed E-state index contributed by atoms with van der Waals surface area (Å²) in [6.07, 6.45) is 0.624. The van der Waals surface area contributed by atoms with Crippen LogP contribution < -0.4 is 9.47 Å². The van der Waals surface area contributed by atoms with E-state index >= 15 is 0 Å². The quantitative estimate of drug-likeness (QED) is 0.557. The number of halogens is 1. The molecule has 1 atom stereocenters. The standard InChI is InChI=1S/C24H21ClN2O3/c1-29-20-12-10-18(11-13-20)23-15-22(17-6-3-2-4-7-17)26-27(23)24(28)16-30-21-9-5-8-19(25)14-21/h2-14,23H,15-16H2,1H3. The SMILES string of the molecule is COc1ccc(C2CC(c3ccccc3)=NN2C(=O)COc2cccc(Cl)c2)cc1. The Morgan fingerprint density at radius 1 is 1.03 bits per heavy atom. The molecule has 152 valence electrons. The van der Waals surface area contributed by atoms with Crippen LogP contribution in [0.15, 0.2) is 84.0 Å². The molecule has 6 heteroatoms. The average Bonchev–Trinajstić information content (AvgIpc) is 3.24. The Morgan fingerprint density at radius 3 is 2.50 bits per heavy atom. The van der Waals surface area contributed by atoms with Gasteiger partial charge in [-0.3, -0.25) is 4.79 Å². The fourth-order valence-corrected chi connectivity index (χ4v) is 3.58. The molecule has 0 aromatic heterocycles. The number of ether oxygens (including phenoxy) is 2. The van der Waals surface area contributed by atoms with Gasteiger partial charge in [-0.25, -0.2) is 5.01 Å². The zero-order valence-corrected chi connectivity index (χ0v) is 17.3. The number of carbonyl (C=O) groups excluding carboxylic acids is 1. The van der Waals surface area contributed by atoms with Gasteiger partial charge >= 0.3 is 0 Å². The number of benzene rings is 3. The van der Waals surface area contributed by atoms with Crippen molar-refractivity contribution in [2.24, 2.45) is 5.10 Å². The first-order chi connectivity index (χ1) is 14.6. The maximum Gasteiger partial charge on any atom is 0.281 e. The Morgan fingerprint density at radius 2 is 1.80 bits per heavy atom. The normalized spacial score (nSPS) is 15.6. The molecular weight excluding hydrogens is 400 g/mol. The maximum atomic E-state index is 13.0. The van der Waals surface area contributed by atoms with Crippen molar-refractivity contribution in [3.63, 3.8) is 0 Å². The lowest BCUT2D eigenvalue weighted by Gasteiger charge is -2.22. The summed E-state index contributed by atoms with van der Waals surface area (Å²) < 4.78 is 10.9. The van der Waals surface area contributed by atoms with Crippen molar-refractivity contribution in [2.75, 3.05) is 13.7 Å². The van der Waals surface area contributed by atoms with E-state index in [1.54, 1.807) is 31.4 Å². The highest BCUT2D eigenvalue weighted by atomic mass is 35.5. The lowest BCUT2D eigenvalue weighted by atomic mass is 9.98. The zero-order valence-electron chi connectivity index (χ0n) is 16.5. The lowest BCUT2D eigenvalue weighted by Crippen LogP contribution is -2.31. The van der Waals surface area contributed by atoms with Gasteiger partial charge in [-0.05, 0) is 41.5 Å². The largest absolute Gasteiger partial charge is 0.497 e. The highest BCUT2D eigenvalue weighted by Gasteiger charge is 2.33. The molecule has 0 saturated carbocycles. The first kappa shape index (κ1) is 20.0. The molecule has 1 aliphatic heterocycles. The Bertz CT molecular complexity index is 1050. The molecule has 0 bridgehead atoms. The van der Waals surface area contributed by atoms with Crippen LogP contribution in [-0.4, -0.2) is 30.3 Å². The summed E-state index contributed by atoms with van der Waals surface area (Å²) in [4.78, 5) is 13.0. The first-order valence-electron chi connectivity index (χ1n) is 9.61. The van der Waals surface area contributed by atoms with Gasteiger partial charge in [0.05, 0.1) is 18.9 Å². The van der Waals surface area contributed by atoms with Crippen molar-refractivity contribution >= 4 is 23.2 Å². The highest BCUT2D eigenvalue weighted by Crippen LogP contribution is 2.33. The van der Waals surface area contributed by atoms with Crippen LogP contribution in [0.5, 0.6) is 11.5 Å². The molecule has 4 rings (SSSR count). The van der Waals surface area contributed by atoms with E-state index < -0.39 is 0 Å². The number of hydrogen-bond donors (Lipinski definition) is 0. The Hall–Kier alpha value is -3.31. The molecule has 1 amide bonds. The second-order valence-electron chi connectivity index (χ2n) is 6.89. The first-order valence-corrected chi connectivity index (χ1v) is 9.99. The fraction of sp³-hybridized carbons (Fsp3) is 0.167.